The molecule has 1 fully saturated rings. The lowest BCUT2D eigenvalue weighted by atomic mass is 9.98. The first kappa shape index (κ1) is 17.2. The first-order chi connectivity index (χ1) is 12.7. The standard InChI is InChI=1S/C18H23N5O2S/c1-25-17-19-9-8-15(21-17)22-18(24)23-10-4-5-12(11-23)16-20-13-6-2-3-7-14(13)26-16/h8-9,12H,2-7,10-11H2,1H3,(H,19,21,22,24). The number of nitrogens with one attached hydrogen (secondary N) is 1. The van der Waals surface area contributed by atoms with Crippen LogP contribution in [0.25, 0.3) is 0 Å². The van der Waals surface area contributed by atoms with E-state index >= 15 is 0 Å². The molecule has 1 aliphatic heterocycles. The molecular formula is C18H23N5O2S. The van der Waals surface area contributed by atoms with Gasteiger partial charge in [-0.1, -0.05) is 0 Å². The molecule has 8 heteroatoms. The van der Waals surface area contributed by atoms with E-state index in [-0.39, 0.29) is 12.0 Å². The maximum atomic E-state index is 12.6. The largest absolute Gasteiger partial charge is 0.467 e. The van der Waals surface area contributed by atoms with Crippen LogP contribution in [0.15, 0.2) is 12.3 Å². The number of aromatic nitrogens is 3. The molecule has 0 radical (unpaired) electrons. The average molecular weight is 373 g/mol. The number of hydrogen-bond donors (Lipinski definition) is 1. The van der Waals surface area contributed by atoms with Gasteiger partial charge in [-0.25, -0.2) is 14.8 Å². The molecule has 26 heavy (non-hydrogen) atoms. The average Bonchev–Trinajstić information content (AvgIpc) is 3.12. The van der Waals surface area contributed by atoms with Crippen molar-refractivity contribution in [1.29, 1.82) is 0 Å². The predicted molar refractivity (Wildman–Crippen MR) is 99.9 cm³/mol. The fourth-order valence-corrected chi connectivity index (χ4v) is 4.89. The molecule has 2 amide bonds. The van der Waals surface area contributed by atoms with Gasteiger partial charge < -0.3 is 9.64 Å². The van der Waals surface area contributed by atoms with Gasteiger partial charge in [-0.2, -0.15) is 4.98 Å². The Balaban J connectivity index is 1.42. The van der Waals surface area contributed by atoms with Crippen molar-refractivity contribution >= 4 is 23.2 Å². The summed E-state index contributed by atoms with van der Waals surface area (Å²) in [5.41, 5.74) is 1.30. The fourth-order valence-electron chi connectivity index (χ4n) is 3.61. The van der Waals surface area contributed by atoms with Crippen LogP contribution in [-0.2, 0) is 12.8 Å². The third-order valence-electron chi connectivity index (χ3n) is 4.97. The molecule has 4 rings (SSSR count). The molecule has 1 unspecified atom stereocenters. The van der Waals surface area contributed by atoms with E-state index in [1.807, 2.05) is 16.2 Å². The van der Waals surface area contributed by atoms with Crippen molar-refractivity contribution in [1.82, 2.24) is 19.9 Å². The van der Waals surface area contributed by atoms with Crippen LogP contribution in [-0.4, -0.2) is 46.1 Å². The first-order valence-electron chi connectivity index (χ1n) is 9.14. The van der Waals surface area contributed by atoms with Crippen molar-refractivity contribution in [3.05, 3.63) is 27.8 Å². The van der Waals surface area contributed by atoms with Gasteiger partial charge in [0.15, 0.2) is 0 Å². The minimum atomic E-state index is -0.128. The van der Waals surface area contributed by atoms with Gasteiger partial charge in [0.1, 0.15) is 5.82 Å². The third-order valence-corrected chi connectivity index (χ3v) is 6.29. The second kappa shape index (κ2) is 7.57. The smallest absolute Gasteiger partial charge is 0.323 e. The minimum Gasteiger partial charge on any atom is -0.467 e. The highest BCUT2D eigenvalue weighted by molar-refractivity contribution is 7.11. The molecular weight excluding hydrogens is 350 g/mol. The lowest BCUT2D eigenvalue weighted by molar-refractivity contribution is 0.192. The summed E-state index contributed by atoms with van der Waals surface area (Å²) in [6, 6.07) is 1.78. The molecule has 1 aliphatic carbocycles. The number of hydrogen-bond acceptors (Lipinski definition) is 6. The number of likely N-dealkylation sites (tertiary alicyclic amines) is 1. The normalized spacial score (nSPS) is 19.7. The summed E-state index contributed by atoms with van der Waals surface area (Å²) in [6.45, 7) is 1.47. The van der Waals surface area contributed by atoms with E-state index in [0.717, 1.165) is 25.8 Å². The van der Waals surface area contributed by atoms with Crippen LogP contribution in [0.5, 0.6) is 6.01 Å². The third kappa shape index (κ3) is 3.65. The minimum absolute atomic E-state index is 0.128. The zero-order valence-electron chi connectivity index (χ0n) is 14.9. The second-order valence-electron chi connectivity index (χ2n) is 6.77. The highest BCUT2D eigenvalue weighted by atomic mass is 32.1. The van der Waals surface area contributed by atoms with Crippen LogP contribution >= 0.6 is 11.3 Å². The number of amides is 2. The summed E-state index contributed by atoms with van der Waals surface area (Å²) in [7, 11) is 1.50. The van der Waals surface area contributed by atoms with Gasteiger partial charge in [0, 0.05) is 30.1 Å². The number of nitrogens with zero attached hydrogens (tertiary/aromatic N) is 4. The van der Waals surface area contributed by atoms with Crippen molar-refractivity contribution < 1.29 is 9.53 Å². The topological polar surface area (TPSA) is 80.2 Å². The monoisotopic (exact) mass is 373 g/mol. The van der Waals surface area contributed by atoms with Crippen molar-refractivity contribution in [2.75, 3.05) is 25.5 Å². The maximum absolute atomic E-state index is 12.6. The summed E-state index contributed by atoms with van der Waals surface area (Å²) in [5, 5.41) is 4.05. The van der Waals surface area contributed by atoms with E-state index in [9.17, 15) is 4.79 Å². The first-order valence-corrected chi connectivity index (χ1v) is 9.96. The highest BCUT2D eigenvalue weighted by Gasteiger charge is 2.28. The van der Waals surface area contributed by atoms with E-state index in [1.165, 1.54) is 42.0 Å². The molecule has 1 N–H and O–H groups in total. The lowest BCUT2D eigenvalue weighted by Crippen LogP contribution is -2.41. The summed E-state index contributed by atoms with van der Waals surface area (Å²) in [5.74, 6) is 0.790. The number of aryl methyl sites for hydroxylation is 2. The van der Waals surface area contributed by atoms with Crippen LogP contribution in [0.4, 0.5) is 10.6 Å². The highest BCUT2D eigenvalue weighted by Crippen LogP contribution is 2.34. The number of thiazole rings is 1. The van der Waals surface area contributed by atoms with Crippen molar-refractivity contribution in [3.63, 3.8) is 0 Å². The number of carbonyl (C=O) groups is 1. The number of methoxy groups -OCH3 is 1. The number of carbonyl (C=O) groups excluding carboxylic acids is 1. The molecule has 0 saturated carbocycles. The molecule has 0 bridgehead atoms. The van der Waals surface area contributed by atoms with Crippen LogP contribution in [0, 0.1) is 0 Å². The predicted octanol–water partition coefficient (Wildman–Crippen LogP) is 3.23. The molecule has 2 aromatic rings. The lowest BCUT2D eigenvalue weighted by Gasteiger charge is -2.31. The van der Waals surface area contributed by atoms with Gasteiger partial charge in [-0.3, -0.25) is 5.32 Å². The molecule has 0 spiro atoms. The summed E-state index contributed by atoms with van der Waals surface area (Å²) < 4.78 is 5.00. The van der Waals surface area contributed by atoms with Gasteiger partial charge in [0.2, 0.25) is 0 Å². The summed E-state index contributed by atoms with van der Waals surface area (Å²) in [6.07, 6.45) is 8.46. The number of urea groups is 1. The van der Waals surface area contributed by atoms with Crippen molar-refractivity contribution in [2.24, 2.45) is 0 Å². The van der Waals surface area contributed by atoms with Gasteiger partial charge in [0.05, 0.1) is 17.8 Å². The Bertz CT molecular complexity index is 770. The Kier molecular flexibility index (Phi) is 5.01. The summed E-state index contributed by atoms with van der Waals surface area (Å²) in [4.78, 5) is 29.0. The number of rotatable bonds is 3. The quantitative estimate of drug-likeness (QED) is 0.893. The Morgan fingerprint density at radius 3 is 3.04 bits per heavy atom. The number of piperidine rings is 1. The van der Waals surface area contributed by atoms with Crippen LogP contribution in [0.2, 0.25) is 0 Å². The molecule has 1 saturated heterocycles. The fraction of sp³-hybridized carbons (Fsp3) is 0.556. The Morgan fingerprint density at radius 2 is 2.19 bits per heavy atom. The van der Waals surface area contributed by atoms with E-state index in [0.29, 0.717) is 18.3 Å². The molecule has 2 aromatic heterocycles. The van der Waals surface area contributed by atoms with Crippen LogP contribution in [0.3, 0.4) is 0 Å². The van der Waals surface area contributed by atoms with Crippen molar-refractivity contribution in [3.8, 4) is 6.01 Å². The molecule has 138 valence electrons. The van der Waals surface area contributed by atoms with Gasteiger partial charge in [-0.15, -0.1) is 11.3 Å². The molecule has 1 atom stereocenters. The molecule has 7 nitrogen and oxygen atoms in total. The number of fused-ring (bicyclic) bond motifs is 1. The van der Waals surface area contributed by atoms with E-state index in [2.05, 4.69) is 15.3 Å². The van der Waals surface area contributed by atoms with Crippen LogP contribution in [0.1, 0.15) is 47.2 Å². The number of ether oxygens (including phenoxy) is 1. The molecule has 0 aromatic carbocycles. The summed E-state index contributed by atoms with van der Waals surface area (Å²) >= 11 is 1.86. The number of anilines is 1. The zero-order chi connectivity index (χ0) is 17.9. The van der Waals surface area contributed by atoms with Gasteiger partial charge in [0.25, 0.3) is 0 Å². The van der Waals surface area contributed by atoms with Crippen molar-refractivity contribution in [2.45, 2.75) is 44.4 Å². The molecule has 3 heterocycles. The van der Waals surface area contributed by atoms with E-state index in [1.54, 1.807) is 12.3 Å². The Hall–Kier alpha value is -2.22. The van der Waals surface area contributed by atoms with Gasteiger partial charge >= 0.3 is 12.0 Å². The van der Waals surface area contributed by atoms with Crippen LogP contribution < -0.4 is 10.1 Å². The maximum Gasteiger partial charge on any atom is 0.323 e. The van der Waals surface area contributed by atoms with Gasteiger partial charge in [-0.05, 0) is 44.6 Å². The zero-order valence-corrected chi connectivity index (χ0v) is 15.7. The Morgan fingerprint density at radius 1 is 1.31 bits per heavy atom. The Labute approximate surface area is 156 Å². The van der Waals surface area contributed by atoms with E-state index in [4.69, 9.17) is 9.72 Å². The van der Waals surface area contributed by atoms with E-state index < -0.39 is 0 Å². The SMILES string of the molecule is COc1nccc(NC(=O)N2CCCC(c3nc4c(s3)CCCC4)C2)n1. The second-order valence-corrected chi connectivity index (χ2v) is 7.89. The molecule has 2 aliphatic rings.